The van der Waals surface area contributed by atoms with Crippen LogP contribution in [0.15, 0.2) is 24.3 Å². The van der Waals surface area contributed by atoms with Gasteiger partial charge in [-0.2, -0.15) is 0 Å². The molecule has 0 bridgehead atoms. The van der Waals surface area contributed by atoms with Gasteiger partial charge in [-0.25, -0.2) is 0 Å². The first kappa shape index (κ1) is 18.3. The standard InChI is InChI=1S/C18H27N3O3/c1-3-21(4-2)18(23)14-7-9-15(10-8-14)19-13-17(22)20-12-16-6-5-11-24-16/h7-10,16,19H,3-6,11-13H2,1-2H3,(H,20,22). The summed E-state index contributed by atoms with van der Waals surface area (Å²) in [6.45, 7) is 6.88. The highest BCUT2D eigenvalue weighted by Crippen LogP contribution is 2.12. The van der Waals surface area contributed by atoms with Crippen LogP contribution < -0.4 is 10.6 Å². The minimum Gasteiger partial charge on any atom is -0.376 e. The van der Waals surface area contributed by atoms with Crippen molar-refractivity contribution in [3.63, 3.8) is 0 Å². The summed E-state index contributed by atoms with van der Waals surface area (Å²) in [5.41, 5.74) is 1.48. The van der Waals surface area contributed by atoms with E-state index in [4.69, 9.17) is 4.74 Å². The molecule has 0 spiro atoms. The molecule has 2 N–H and O–H groups in total. The molecule has 1 unspecified atom stereocenters. The number of benzene rings is 1. The van der Waals surface area contributed by atoms with E-state index < -0.39 is 0 Å². The van der Waals surface area contributed by atoms with E-state index in [0.29, 0.717) is 25.2 Å². The molecule has 1 aromatic rings. The molecule has 0 aliphatic carbocycles. The van der Waals surface area contributed by atoms with Crippen LogP contribution in [-0.4, -0.2) is 55.6 Å². The van der Waals surface area contributed by atoms with Crippen LogP contribution in [0, 0.1) is 0 Å². The zero-order valence-corrected chi connectivity index (χ0v) is 14.5. The SMILES string of the molecule is CCN(CC)C(=O)c1ccc(NCC(=O)NCC2CCCO2)cc1. The van der Waals surface area contributed by atoms with Crippen molar-refractivity contribution in [3.8, 4) is 0 Å². The maximum absolute atomic E-state index is 12.2. The number of ether oxygens (including phenoxy) is 1. The fourth-order valence-corrected chi connectivity index (χ4v) is 2.70. The lowest BCUT2D eigenvalue weighted by atomic mass is 10.1. The van der Waals surface area contributed by atoms with Gasteiger partial charge in [-0.15, -0.1) is 0 Å². The molecule has 0 aromatic heterocycles. The van der Waals surface area contributed by atoms with E-state index in [0.717, 1.165) is 25.1 Å². The van der Waals surface area contributed by atoms with E-state index in [9.17, 15) is 9.59 Å². The lowest BCUT2D eigenvalue weighted by molar-refractivity contribution is -0.119. The van der Waals surface area contributed by atoms with Crippen LogP contribution in [0.4, 0.5) is 5.69 Å². The predicted octanol–water partition coefficient (Wildman–Crippen LogP) is 1.88. The smallest absolute Gasteiger partial charge is 0.253 e. The Morgan fingerprint density at radius 3 is 2.50 bits per heavy atom. The molecule has 6 nitrogen and oxygen atoms in total. The number of hydrogen-bond donors (Lipinski definition) is 2. The summed E-state index contributed by atoms with van der Waals surface area (Å²) in [7, 11) is 0. The first-order chi connectivity index (χ1) is 11.6. The molecule has 24 heavy (non-hydrogen) atoms. The van der Waals surface area contributed by atoms with Crippen LogP contribution in [0.1, 0.15) is 37.0 Å². The van der Waals surface area contributed by atoms with Crippen molar-refractivity contribution in [1.29, 1.82) is 0 Å². The largest absolute Gasteiger partial charge is 0.376 e. The Hall–Kier alpha value is -2.08. The summed E-state index contributed by atoms with van der Waals surface area (Å²) >= 11 is 0. The Balaban J connectivity index is 1.76. The molecule has 1 saturated heterocycles. The number of carbonyl (C=O) groups excluding carboxylic acids is 2. The summed E-state index contributed by atoms with van der Waals surface area (Å²) < 4.78 is 5.47. The van der Waals surface area contributed by atoms with Crippen LogP contribution >= 0.6 is 0 Å². The third-order valence-corrected chi connectivity index (χ3v) is 4.19. The van der Waals surface area contributed by atoms with E-state index >= 15 is 0 Å². The van der Waals surface area contributed by atoms with Gasteiger partial charge in [0.15, 0.2) is 0 Å². The topological polar surface area (TPSA) is 70.7 Å². The number of hydrogen-bond acceptors (Lipinski definition) is 4. The van der Waals surface area contributed by atoms with Gasteiger partial charge >= 0.3 is 0 Å². The highest BCUT2D eigenvalue weighted by Gasteiger charge is 2.16. The molecule has 1 aromatic carbocycles. The minimum absolute atomic E-state index is 0.0286. The van der Waals surface area contributed by atoms with Crippen LogP contribution in [-0.2, 0) is 9.53 Å². The van der Waals surface area contributed by atoms with E-state index in [1.165, 1.54) is 0 Å². The quantitative estimate of drug-likeness (QED) is 0.762. The van der Waals surface area contributed by atoms with Gasteiger partial charge in [-0.05, 0) is 51.0 Å². The number of nitrogens with one attached hydrogen (secondary N) is 2. The van der Waals surface area contributed by atoms with Gasteiger partial charge in [0.1, 0.15) is 0 Å². The molecule has 1 heterocycles. The Labute approximate surface area is 143 Å². The highest BCUT2D eigenvalue weighted by molar-refractivity contribution is 5.94. The number of carbonyl (C=O) groups is 2. The lowest BCUT2D eigenvalue weighted by Crippen LogP contribution is -2.35. The number of anilines is 1. The van der Waals surface area contributed by atoms with Gasteiger partial charge in [0.25, 0.3) is 5.91 Å². The molecule has 1 fully saturated rings. The van der Waals surface area contributed by atoms with Crippen LogP contribution in [0.5, 0.6) is 0 Å². The molecule has 6 heteroatoms. The van der Waals surface area contributed by atoms with Crippen LogP contribution in [0.3, 0.4) is 0 Å². The van der Waals surface area contributed by atoms with Crippen molar-refractivity contribution in [3.05, 3.63) is 29.8 Å². The van der Waals surface area contributed by atoms with Gasteiger partial charge in [-0.1, -0.05) is 0 Å². The zero-order valence-electron chi connectivity index (χ0n) is 14.5. The second kappa shape index (κ2) is 9.27. The van der Waals surface area contributed by atoms with E-state index in [2.05, 4.69) is 10.6 Å². The monoisotopic (exact) mass is 333 g/mol. The Morgan fingerprint density at radius 1 is 1.21 bits per heavy atom. The van der Waals surface area contributed by atoms with Crippen molar-refractivity contribution < 1.29 is 14.3 Å². The van der Waals surface area contributed by atoms with E-state index in [-0.39, 0.29) is 24.5 Å². The van der Waals surface area contributed by atoms with Gasteiger partial charge in [0.2, 0.25) is 5.91 Å². The number of nitrogens with zero attached hydrogens (tertiary/aromatic N) is 1. The summed E-state index contributed by atoms with van der Waals surface area (Å²) in [5.74, 6) is -0.0327. The zero-order chi connectivity index (χ0) is 17.4. The van der Waals surface area contributed by atoms with E-state index in [1.807, 2.05) is 26.0 Å². The molecular weight excluding hydrogens is 306 g/mol. The van der Waals surface area contributed by atoms with Crippen molar-refractivity contribution in [2.45, 2.75) is 32.8 Å². The summed E-state index contributed by atoms with van der Waals surface area (Å²) in [5, 5.41) is 5.93. The number of amides is 2. The van der Waals surface area contributed by atoms with Gasteiger partial charge < -0.3 is 20.3 Å². The maximum atomic E-state index is 12.2. The van der Waals surface area contributed by atoms with Gasteiger partial charge in [0.05, 0.1) is 12.6 Å². The summed E-state index contributed by atoms with van der Waals surface area (Å²) in [6, 6.07) is 7.22. The number of rotatable bonds is 8. The molecule has 2 rings (SSSR count). The molecule has 0 saturated carbocycles. The third-order valence-electron chi connectivity index (χ3n) is 4.19. The molecular formula is C18H27N3O3. The summed E-state index contributed by atoms with van der Waals surface area (Å²) in [6.07, 6.45) is 2.23. The average molecular weight is 333 g/mol. The van der Waals surface area contributed by atoms with Crippen LogP contribution in [0.25, 0.3) is 0 Å². The maximum Gasteiger partial charge on any atom is 0.253 e. The Kier molecular flexibility index (Phi) is 7.06. The highest BCUT2D eigenvalue weighted by atomic mass is 16.5. The lowest BCUT2D eigenvalue weighted by Gasteiger charge is -2.18. The average Bonchev–Trinajstić information content (AvgIpc) is 3.13. The fraction of sp³-hybridized carbons (Fsp3) is 0.556. The van der Waals surface area contributed by atoms with Gasteiger partial charge in [-0.3, -0.25) is 9.59 Å². The van der Waals surface area contributed by atoms with Gasteiger partial charge in [0, 0.05) is 37.5 Å². The van der Waals surface area contributed by atoms with Crippen molar-refractivity contribution in [2.75, 3.05) is 38.1 Å². The molecule has 132 valence electrons. The summed E-state index contributed by atoms with van der Waals surface area (Å²) in [4.78, 5) is 25.8. The molecule has 1 atom stereocenters. The minimum atomic E-state index is -0.0613. The Morgan fingerprint density at radius 2 is 1.92 bits per heavy atom. The van der Waals surface area contributed by atoms with Crippen molar-refractivity contribution >= 4 is 17.5 Å². The first-order valence-electron chi connectivity index (χ1n) is 8.65. The third kappa shape index (κ3) is 5.23. The van der Waals surface area contributed by atoms with E-state index in [1.54, 1.807) is 17.0 Å². The second-order valence-corrected chi connectivity index (χ2v) is 5.85. The molecule has 1 aliphatic heterocycles. The molecule has 2 amide bonds. The Bertz CT molecular complexity index is 535. The molecule has 1 aliphatic rings. The van der Waals surface area contributed by atoms with Crippen molar-refractivity contribution in [1.82, 2.24) is 10.2 Å². The molecule has 0 radical (unpaired) electrons. The van der Waals surface area contributed by atoms with Crippen LogP contribution in [0.2, 0.25) is 0 Å². The normalized spacial score (nSPS) is 16.7. The first-order valence-corrected chi connectivity index (χ1v) is 8.65. The predicted molar refractivity (Wildman–Crippen MR) is 94.2 cm³/mol. The second-order valence-electron chi connectivity index (χ2n) is 5.85. The van der Waals surface area contributed by atoms with Crippen molar-refractivity contribution in [2.24, 2.45) is 0 Å². The fourth-order valence-electron chi connectivity index (χ4n) is 2.70.